The number of halogens is 4. The molecule has 2 rings (SSSR count). The summed E-state index contributed by atoms with van der Waals surface area (Å²) in [6.07, 6.45) is -3.91. The van der Waals surface area contributed by atoms with Gasteiger partial charge in [0.2, 0.25) is 15.4 Å². The highest BCUT2D eigenvalue weighted by Crippen LogP contribution is 2.38. The van der Waals surface area contributed by atoms with Gasteiger partial charge in [-0.25, -0.2) is 25.3 Å². The molecular formula is C18H17ClF3NO8S3. The zero-order chi connectivity index (χ0) is 26.5. The molecule has 2 N–H and O–H groups in total. The highest BCUT2D eigenvalue weighted by molar-refractivity contribution is 7.94. The van der Waals surface area contributed by atoms with Crippen molar-refractivity contribution >= 4 is 52.7 Å². The maximum absolute atomic E-state index is 13.1. The first-order chi connectivity index (χ1) is 15.1. The van der Waals surface area contributed by atoms with Gasteiger partial charge in [0.25, 0.3) is 5.91 Å². The summed E-state index contributed by atoms with van der Waals surface area (Å²) in [7, 11) is -12.7. The molecule has 0 bridgehead atoms. The van der Waals surface area contributed by atoms with Gasteiger partial charge in [0, 0.05) is 12.5 Å². The van der Waals surface area contributed by atoms with Crippen LogP contribution in [0.1, 0.15) is 6.92 Å². The van der Waals surface area contributed by atoms with Gasteiger partial charge < -0.3 is 10.4 Å². The van der Waals surface area contributed by atoms with Crippen molar-refractivity contribution in [3.8, 4) is 0 Å². The predicted molar refractivity (Wildman–Crippen MR) is 115 cm³/mol. The maximum Gasteiger partial charge on any atom is 0.426 e. The Hall–Kier alpha value is -2.20. The lowest BCUT2D eigenvalue weighted by Gasteiger charge is -2.25. The first-order valence-corrected chi connectivity index (χ1v) is 14.4. The third-order valence-electron chi connectivity index (χ3n) is 4.53. The van der Waals surface area contributed by atoms with Crippen LogP contribution in [-0.4, -0.2) is 60.6 Å². The lowest BCUT2D eigenvalue weighted by atomic mass is 10.1. The van der Waals surface area contributed by atoms with Crippen molar-refractivity contribution in [2.75, 3.05) is 17.8 Å². The van der Waals surface area contributed by atoms with E-state index < -0.39 is 72.6 Å². The Balaban J connectivity index is 2.68. The largest absolute Gasteiger partial charge is 0.426 e. The molecule has 0 radical (unpaired) electrons. The van der Waals surface area contributed by atoms with Crippen LogP contribution in [0.5, 0.6) is 0 Å². The van der Waals surface area contributed by atoms with Crippen LogP contribution >= 0.6 is 11.6 Å². The summed E-state index contributed by atoms with van der Waals surface area (Å²) < 4.78 is 113. The van der Waals surface area contributed by atoms with Gasteiger partial charge in [-0.1, -0.05) is 11.6 Å². The van der Waals surface area contributed by atoms with E-state index in [-0.39, 0.29) is 11.8 Å². The molecule has 0 unspecified atom stereocenters. The van der Waals surface area contributed by atoms with Crippen molar-refractivity contribution in [1.29, 1.82) is 0 Å². The van der Waals surface area contributed by atoms with E-state index in [1.165, 1.54) is 0 Å². The van der Waals surface area contributed by atoms with Crippen LogP contribution in [0.2, 0.25) is 5.02 Å². The zero-order valence-electron chi connectivity index (χ0n) is 17.5. The molecule has 0 fully saturated rings. The van der Waals surface area contributed by atoms with E-state index in [9.17, 15) is 48.3 Å². The Morgan fingerprint density at radius 2 is 1.35 bits per heavy atom. The molecule has 34 heavy (non-hydrogen) atoms. The zero-order valence-corrected chi connectivity index (χ0v) is 20.7. The molecule has 188 valence electrons. The molecular weight excluding hydrogens is 547 g/mol. The minimum Gasteiger partial charge on any atom is -0.373 e. The molecule has 0 spiro atoms. The quantitative estimate of drug-likeness (QED) is 0.543. The SMILES string of the molecule is C[C@@](O)(C(=O)Nc1ccc(S(=O)(=O)c2ccc(S(C)(=O)=O)cc2)c(S(C)(=O)=O)c1Cl)C(F)(F)F. The Kier molecular flexibility index (Phi) is 7.24. The van der Waals surface area contributed by atoms with E-state index >= 15 is 0 Å². The van der Waals surface area contributed by atoms with Crippen molar-refractivity contribution < 1.29 is 48.3 Å². The number of amides is 1. The number of anilines is 1. The van der Waals surface area contributed by atoms with Crippen LogP contribution < -0.4 is 5.32 Å². The van der Waals surface area contributed by atoms with Crippen molar-refractivity contribution in [1.82, 2.24) is 0 Å². The average Bonchev–Trinajstić information content (AvgIpc) is 2.66. The third kappa shape index (κ3) is 5.38. The number of alkyl halides is 3. The summed E-state index contributed by atoms with van der Waals surface area (Å²) >= 11 is 5.99. The number of carbonyl (C=O) groups excluding carboxylic acids is 1. The summed E-state index contributed by atoms with van der Waals surface area (Å²) in [5.41, 5.74) is -4.57. The molecule has 0 saturated heterocycles. The Morgan fingerprint density at radius 1 is 0.882 bits per heavy atom. The van der Waals surface area contributed by atoms with Crippen LogP contribution in [0.3, 0.4) is 0 Å². The van der Waals surface area contributed by atoms with Gasteiger partial charge in [-0.15, -0.1) is 0 Å². The molecule has 1 amide bonds. The topological polar surface area (TPSA) is 152 Å². The molecule has 0 saturated carbocycles. The maximum atomic E-state index is 13.1. The van der Waals surface area contributed by atoms with E-state index in [0.29, 0.717) is 12.3 Å². The van der Waals surface area contributed by atoms with Crippen LogP contribution in [0.4, 0.5) is 18.9 Å². The number of sulfone groups is 3. The van der Waals surface area contributed by atoms with Gasteiger partial charge in [0.05, 0.1) is 25.4 Å². The lowest BCUT2D eigenvalue weighted by molar-refractivity contribution is -0.242. The van der Waals surface area contributed by atoms with Crippen LogP contribution in [0, 0.1) is 0 Å². The molecule has 0 aliphatic heterocycles. The van der Waals surface area contributed by atoms with E-state index in [2.05, 4.69) is 0 Å². The highest BCUT2D eigenvalue weighted by Gasteiger charge is 2.56. The number of hydrogen-bond acceptors (Lipinski definition) is 8. The minimum absolute atomic E-state index is 0.159. The second-order valence-corrected chi connectivity index (χ2v) is 13.6. The Bertz CT molecular complexity index is 1470. The smallest absolute Gasteiger partial charge is 0.373 e. The van der Waals surface area contributed by atoms with Gasteiger partial charge >= 0.3 is 6.18 Å². The molecule has 2 aromatic rings. The molecule has 0 heterocycles. The number of hydrogen-bond donors (Lipinski definition) is 2. The first-order valence-electron chi connectivity index (χ1n) is 8.80. The van der Waals surface area contributed by atoms with E-state index in [0.717, 1.165) is 36.6 Å². The van der Waals surface area contributed by atoms with Crippen molar-refractivity contribution in [2.45, 2.75) is 38.3 Å². The molecule has 0 aliphatic carbocycles. The average molecular weight is 564 g/mol. The third-order valence-corrected chi connectivity index (χ3v) is 9.27. The van der Waals surface area contributed by atoms with Crippen LogP contribution in [0.15, 0.2) is 56.0 Å². The van der Waals surface area contributed by atoms with Crippen molar-refractivity contribution in [3.63, 3.8) is 0 Å². The standard InChI is InChI=1S/C18H17ClF3NO8S3/c1-17(25,18(20,21)22)16(24)23-12-8-9-13(15(14(12)19)33(3,28)29)34(30,31)11-6-4-10(5-7-11)32(2,26)27/h4-9,25H,1-3H3,(H,23,24)/t17-/m1/s1. The molecule has 0 aliphatic rings. The lowest BCUT2D eigenvalue weighted by Crippen LogP contribution is -2.52. The molecule has 16 heteroatoms. The first kappa shape index (κ1) is 28.0. The number of benzene rings is 2. The van der Waals surface area contributed by atoms with E-state index in [1.54, 1.807) is 5.32 Å². The second-order valence-electron chi connectivity index (χ2n) is 7.30. The van der Waals surface area contributed by atoms with Gasteiger partial charge in [0.15, 0.2) is 19.7 Å². The van der Waals surface area contributed by atoms with Crippen LogP contribution in [-0.2, 0) is 34.3 Å². The highest BCUT2D eigenvalue weighted by atomic mass is 35.5. The van der Waals surface area contributed by atoms with E-state index in [4.69, 9.17) is 11.6 Å². The number of carbonyl (C=O) groups is 1. The monoisotopic (exact) mass is 563 g/mol. The number of rotatable bonds is 6. The fourth-order valence-corrected chi connectivity index (χ4v) is 6.87. The molecule has 1 atom stereocenters. The van der Waals surface area contributed by atoms with Gasteiger partial charge in [-0.3, -0.25) is 4.79 Å². The summed E-state index contributed by atoms with van der Waals surface area (Å²) in [6.45, 7) is 0.159. The molecule has 2 aromatic carbocycles. The van der Waals surface area contributed by atoms with Gasteiger partial charge in [0.1, 0.15) is 4.90 Å². The normalized spacial score (nSPS) is 14.9. The van der Waals surface area contributed by atoms with Gasteiger partial charge in [-0.2, -0.15) is 13.2 Å². The summed E-state index contributed by atoms with van der Waals surface area (Å²) in [6, 6.07) is 5.25. The minimum atomic E-state index is -5.38. The summed E-state index contributed by atoms with van der Waals surface area (Å²) in [5.74, 6) is -1.99. The fourth-order valence-electron chi connectivity index (χ4n) is 2.56. The summed E-state index contributed by atoms with van der Waals surface area (Å²) in [5, 5.41) is 10.2. The predicted octanol–water partition coefficient (Wildman–Crippen LogP) is 2.23. The van der Waals surface area contributed by atoms with Gasteiger partial charge in [-0.05, 0) is 43.3 Å². The number of aliphatic hydroxyl groups is 1. The van der Waals surface area contributed by atoms with E-state index in [1.807, 2.05) is 0 Å². The van der Waals surface area contributed by atoms with Crippen LogP contribution in [0.25, 0.3) is 0 Å². The molecule has 9 nitrogen and oxygen atoms in total. The second kappa shape index (κ2) is 8.78. The number of nitrogens with one attached hydrogen (secondary N) is 1. The van der Waals surface area contributed by atoms with Crippen molar-refractivity contribution in [2.24, 2.45) is 0 Å². The molecule has 0 aromatic heterocycles. The van der Waals surface area contributed by atoms with Crippen molar-refractivity contribution in [3.05, 3.63) is 41.4 Å². The Labute approximate surface area is 198 Å². The Morgan fingerprint density at radius 3 is 1.76 bits per heavy atom. The fraction of sp³-hybridized carbons (Fsp3) is 0.278. The summed E-state index contributed by atoms with van der Waals surface area (Å²) in [4.78, 5) is 9.36.